The molecule has 0 radical (unpaired) electrons. The number of aliphatic carboxylic acids is 2. The first-order valence-corrected chi connectivity index (χ1v) is 11.9. The molecule has 6 nitrogen and oxygen atoms in total. The molecular formula is C29H40O6. The van der Waals surface area contributed by atoms with Gasteiger partial charge in [0.25, 0.3) is 0 Å². The molecule has 0 fully saturated rings. The molecule has 0 unspecified atom stereocenters. The van der Waals surface area contributed by atoms with Crippen molar-refractivity contribution < 1.29 is 30.0 Å². The standard InChI is InChI=1S/C29H40O6/c1-15-17(3)23(30)21(27(5,6)7)11-19(15)13-29(25(32)33,26(34)35)14-20-12-22(28(8,9)10)24(31)18(4)16(20)2/h11-12,30-31H,13-14H2,1-10H3,(H,32,33)(H,34,35). The molecule has 0 amide bonds. The van der Waals surface area contributed by atoms with E-state index >= 15 is 0 Å². The molecule has 0 aromatic heterocycles. The highest BCUT2D eigenvalue weighted by Crippen LogP contribution is 2.42. The van der Waals surface area contributed by atoms with Crippen LogP contribution in [0, 0.1) is 33.1 Å². The summed E-state index contributed by atoms with van der Waals surface area (Å²) in [4.78, 5) is 25.4. The molecular weight excluding hydrogens is 444 g/mol. The molecule has 0 saturated carbocycles. The van der Waals surface area contributed by atoms with Crippen molar-refractivity contribution in [3.8, 4) is 11.5 Å². The molecule has 0 aliphatic carbocycles. The van der Waals surface area contributed by atoms with E-state index in [2.05, 4.69) is 0 Å². The van der Waals surface area contributed by atoms with E-state index in [9.17, 15) is 30.0 Å². The zero-order valence-corrected chi connectivity index (χ0v) is 22.7. The van der Waals surface area contributed by atoms with Gasteiger partial charge in [-0.1, -0.05) is 53.7 Å². The summed E-state index contributed by atoms with van der Waals surface area (Å²) in [5.74, 6) is -2.55. The van der Waals surface area contributed by atoms with Crippen molar-refractivity contribution in [2.24, 2.45) is 5.41 Å². The third-order valence-electron chi connectivity index (χ3n) is 7.37. The van der Waals surface area contributed by atoms with Gasteiger partial charge in [0, 0.05) is 0 Å². The SMILES string of the molecule is Cc1c(CC(Cc2cc(C(C)(C)C)c(O)c(C)c2C)(C(=O)O)C(=O)O)cc(C(C)(C)C)c(O)c1C. The molecule has 0 aliphatic rings. The second-order valence-electron chi connectivity index (χ2n) is 11.9. The Morgan fingerprint density at radius 1 is 0.629 bits per heavy atom. The Bertz CT molecular complexity index is 1080. The Morgan fingerprint density at radius 3 is 1.14 bits per heavy atom. The van der Waals surface area contributed by atoms with Gasteiger partial charge in [0.05, 0.1) is 0 Å². The summed E-state index contributed by atoms with van der Waals surface area (Å²) >= 11 is 0. The molecule has 2 rings (SSSR count). The van der Waals surface area contributed by atoms with E-state index in [4.69, 9.17) is 0 Å². The molecule has 0 atom stereocenters. The fourth-order valence-corrected chi connectivity index (χ4v) is 4.56. The second-order valence-corrected chi connectivity index (χ2v) is 11.9. The summed E-state index contributed by atoms with van der Waals surface area (Å²) in [6, 6.07) is 3.49. The summed E-state index contributed by atoms with van der Waals surface area (Å²) in [6.07, 6.45) is -0.476. The number of phenolic OH excluding ortho intramolecular Hbond substituents is 2. The zero-order chi connectivity index (χ0) is 27.3. The van der Waals surface area contributed by atoms with Crippen LogP contribution >= 0.6 is 0 Å². The van der Waals surface area contributed by atoms with Crippen molar-refractivity contribution in [1.29, 1.82) is 0 Å². The van der Waals surface area contributed by atoms with Gasteiger partial charge in [-0.3, -0.25) is 9.59 Å². The number of carboxylic acids is 2. The summed E-state index contributed by atoms with van der Waals surface area (Å²) in [7, 11) is 0. The third kappa shape index (κ3) is 5.16. The van der Waals surface area contributed by atoms with Crippen molar-refractivity contribution in [2.45, 2.75) is 92.9 Å². The number of benzene rings is 2. The van der Waals surface area contributed by atoms with Gasteiger partial charge in [0.2, 0.25) is 0 Å². The van der Waals surface area contributed by atoms with Crippen LogP contribution in [0.3, 0.4) is 0 Å². The fraction of sp³-hybridized carbons (Fsp3) is 0.517. The highest BCUT2D eigenvalue weighted by Gasteiger charge is 2.48. The van der Waals surface area contributed by atoms with Gasteiger partial charge in [-0.2, -0.15) is 0 Å². The Balaban J connectivity index is 2.80. The van der Waals surface area contributed by atoms with Gasteiger partial charge in [-0.15, -0.1) is 0 Å². The number of carboxylic acid groups (broad SMARTS) is 2. The van der Waals surface area contributed by atoms with Crippen LogP contribution in [0.1, 0.15) is 86.1 Å². The maximum Gasteiger partial charge on any atom is 0.321 e. The average Bonchev–Trinajstić information content (AvgIpc) is 2.71. The molecule has 0 aliphatic heterocycles. The van der Waals surface area contributed by atoms with E-state index in [0.29, 0.717) is 44.5 Å². The van der Waals surface area contributed by atoms with Crippen LogP contribution in [0.15, 0.2) is 12.1 Å². The van der Waals surface area contributed by atoms with Crippen molar-refractivity contribution >= 4 is 11.9 Å². The molecule has 2 aromatic rings. The van der Waals surface area contributed by atoms with E-state index < -0.39 is 28.2 Å². The number of hydrogen-bond acceptors (Lipinski definition) is 4. The quantitative estimate of drug-likeness (QED) is 0.381. The molecule has 35 heavy (non-hydrogen) atoms. The Labute approximate surface area is 208 Å². The van der Waals surface area contributed by atoms with Crippen LogP contribution in [0.2, 0.25) is 0 Å². The van der Waals surface area contributed by atoms with Gasteiger partial charge in [-0.05, 0) is 95.9 Å². The van der Waals surface area contributed by atoms with Crippen molar-refractivity contribution in [3.63, 3.8) is 0 Å². The average molecular weight is 485 g/mol. The van der Waals surface area contributed by atoms with Crippen LogP contribution in [0.25, 0.3) is 0 Å². The van der Waals surface area contributed by atoms with Gasteiger partial charge >= 0.3 is 11.9 Å². The summed E-state index contributed by atoms with van der Waals surface area (Å²) in [5, 5.41) is 42.1. The first-order chi connectivity index (χ1) is 15.8. The summed E-state index contributed by atoms with van der Waals surface area (Å²) in [5.41, 5.74) is 2.07. The van der Waals surface area contributed by atoms with Crippen LogP contribution in [0.4, 0.5) is 0 Å². The minimum absolute atomic E-state index is 0.148. The van der Waals surface area contributed by atoms with Gasteiger partial charge in [-0.25, -0.2) is 0 Å². The number of rotatable bonds is 6. The summed E-state index contributed by atoms with van der Waals surface area (Å²) in [6.45, 7) is 18.7. The lowest BCUT2D eigenvalue weighted by Crippen LogP contribution is -2.44. The summed E-state index contributed by atoms with van der Waals surface area (Å²) < 4.78 is 0. The van der Waals surface area contributed by atoms with E-state index in [-0.39, 0.29) is 24.3 Å². The number of hydrogen-bond donors (Lipinski definition) is 4. The maximum atomic E-state index is 12.7. The molecule has 6 heteroatoms. The largest absolute Gasteiger partial charge is 0.507 e. The first kappa shape index (κ1) is 28.2. The van der Waals surface area contributed by atoms with Gasteiger partial charge in [0.15, 0.2) is 5.41 Å². The van der Waals surface area contributed by atoms with Crippen LogP contribution in [0.5, 0.6) is 11.5 Å². The van der Waals surface area contributed by atoms with Crippen LogP contribution < -0.4 is 0 Å². The Hall–Kier alpha value is -3.02. The fourth-order valence-electron chi connectivity index (χ4n) is 4.56. The van der Waals surface area contributed by atoms with E-state index in [1.807, 2.05) is 41.5 Å². The minimum Gasteiger partial charge on any atom is -0.507 e. The van der Waals surface area contributed by atoms with Crippen molar-refractivity contribution in [3.05, 3.63) is 56.6 Å². The topological polar surface area (TPSA) is 115 Å². The highest BCUT2D eigenvalue weighted by atomic mass is 16.4. The smallest absolute Gasteiger partial charge is 0.321 e. The van der Waals surface area contributed by atoms with E-state index in [0.717, 1.165) is 0 Å². The molecule has 2 aromatic carbocycles. The number of phenols is 2. The van der Waals surface area contributed by atoms with Gasteiger partial charge < -0.3 is 20.4 Å². The number of carbonyl (C=O) groups is 2. The molecule has 4 N–H and O–H groups in total. The third-order valence-corrected chi connectivity index (χ3v) is 7.37. The Kier molecular flexibility index (Phi) is 7.43. The maximum absolute atomic E-state index is 12.7. The van der Waals surface area contributed by atoms with Crippen LogP contribution in [-0.4, -0.2) is 32.4 Å². The van der Waals surface area contributed by atoms with E-state index in [1.54, 1.807) is 39.8 Å². The normalized spacial score (nSPS) is 12.6. The Morgan fingerprint density at radius 2 is 0.914 bits per heavy atom. The molecule has 192 valence electrons. The predicted molar refractivity (Wildman–Crippen MR) is 138 cm³/mol. The lowest BCUT2D eigenvalue weighted by Gasteiger charge is -2.30. The highest BCUT2D eigenvalue weighted by molar-refractivity contribution is 5.99. The molecule has 0 heterocycles. The predicted octanol–water partition coefficient (Wildman–Crippen LogP) is 5.87. The zero-order valence-electron chi connectivity index (χ0n) is 22.7. The van der Waals surface area contributed by atoms with E-state index in [1.165, 1.54) is 0 Å². The lowest BCUT2D eigenvalue weighted by molar-refractivity contribution is -0.164. The molecule has 0 saturated heterocycles. The van der Waals surface area contributed by atoms with Crippen LogP contribution in [-0.2, 0) is 33.3 Å². The minimum atomic E-state index is -2.13. The molecule has 0 bridgehead atoms. The lowest BCUT2D eigenvalue weighted by atomic mass is 9.72. The second kappa shape index (κ2) is 9.21. The number of aromatic hydroxyl groups is 2. The van der Waals surface area contributed by atoms with Crippen molar-refractivity contribution in [2.75, 3.05) is 0 Å². The molecule has 0 spiro atoms. The monoisotopic (exact) mass is 484 g/mol. The van der Waals surface area contributed by atoms with Crippen molar-refractivity contribution in [1.82, 2.24) is 0 Å². The van der Waals surface area contributed by atoms with Gasteiger partial charge in [0.1, 0.15) is 11.5 Å². The first-order valence-electron chi connectivity index (χ1n) is 11.9.